The Labute approximate surface area is 209 Å². The van der Waals surface area contributed by atoms with Crippen LogP contribution < -0.4 is 23.8 Å². The Bertz CT molecular complexity index is 1280. The average molecular weight is 489 g/mol. The zero-order valence-electron chi connectivity index (χ0n) is 20.4. The highest BCUT2D eigenvalue weighted by Gasteiger charge is 2.37. The van der Waals surface area contributed by atoms with Gasteiger partial charge in [0.2, 0.25) is 0 Å². The monoisotopic (exact) mass is 488 g/mol. The highest BCUT2D eigenvalue weighted by atomic mass is 16.5. The van der Waals surface area contributed by atoms with Crippen molar-refractivity contribution in [2.24, 2.45) is 0 Å². The van der Waals surface area contributed by atoms with Crippen LogP contribution >= 0.6 is 0 Å². The van der Waals surface area contributed by atoms with Crippen LogP contribution in [0, 0.1) is 0 Å². The molecule has 0 N–H and O–H groups in total. The highest BCUT2D eigenvalue weighted by Crippen LogP contribution is 2.38. The molecule has 2 heterocycles. The number of hydrogen-bond acceptors (Lipinski definition) is 7. The molecule has 8 heteroatoms. The lowest BCUT2D eigenvalue weighted by Gasteiger charge is -2.18. The van der Waals surface area contributed by atoms with Gasteiger partial charge < -0.3 is 18.9 Å². The van der Waals surface area contributed by atoms with Crippen molar-refractivity contribution in [3.8, 4) is 28.7 Å². The first-order valence-electron chi connectivity index (χ1n) is 12.0. The van der Waals surface area contributed by atoms with Crippen LogP contribution in [-0.2, 0) is 0 Å². The van der Waals surface area contributed by atoms with Crippen molar-refractivity contribution < 1.29 is 28.5 Å². The molecule has 0 saturated carbocycles. The van der Waals surface area contributed by atoms with E-state index in [-0.39, 0.29) is 5.56 Å². The number of hydrogen-bond donors (Lipinski definition) is 0. The highest BCUT2D eigenvalue weighted by molar-refractivity contribution is 6.34. The van der Waals surface area contributed by atoms with Crippen molar-refractivity contribution in [2.45, 2.75) is 12.8 Å². The quantitative estimate of drug-likeness (QED) is 0.402. The van der Waals surface area contributed by atoms with E-state index < -0.39 is 11.8 Å². The lowest BCUT2D eigenvalue weighted by Crippen LogP contribution is -2.29. The summed E-state index contributed by atoms with van der Waals surface area (Å²) >= 11 is 0. The molecule has 8 nitrogen and oxygen atoms in total. The number of nitrogens with zero attached hydrogens (tertiary/aromatic N) is 2. The average Bonchev–Trinajstić information content (AvgIpc) is 3.51. The van der Waals surface area contributed by atoms with Gasteiger partial charge in [-0.3, -0.25) is 14.5 Å². The molecule has 0 atom stereocenters. The van der Waals surface area contributed by atoms with Gasteiger partial charge >= 0.3 is 0 Å². The predicted molar refractivity (Wildman–Crippen MR) is 135 cm³/mol. The Hall–Kier alpha value is -4.04. The molecule has 36 heavy (non-hydrogen) atoms. The van der Waals surface area contributed by atoms with Gasteiger partial charge in [-0.15, -0.1) is 0 Å². The van der Waals surface area contributed by atoms with Crippen molar-refractivity contribution in [1.29, 1.82) is 0 Å². The minimum Gasteiger partial charge on any atom is -0.493 e. The van der Waals surface area contributed by atoms with Crippen LogP contribution in [0.25, 0.3) is 0 Å². The third-order valence-electron chi connectivity index (χ3n) is 6.42. The molecule has 2 aliphatic rings. The Morgan fingerprint density at radius 1 is 0.750 bits per heavy atom. The largest absolute Gasteiger partial charge is 0.493 e. The number of carbonyl (C=O) groups is 2. The van der Waals surface area contributed by atoms with Crippen molar-refractivity contribution >= 4 is 17.5 Å². The fourth-order valence-electron chi connectivity index (χ4n) is 4.55. The van der Waals surface area contributed by atoms with E-state index in [4.69, 9.17) is 18.9 Å². The SMILES string of the molecule is COc1cc(N2C(=O)c3ccc(Oc4ccccc4OC)cc3C2=O)ccc1OCCN1CCCC1. The van der Waals surface area contributed by atoms with Gasteiger partial charge in [-0.2, -0.15) is 0 Å². The van der Waals surface area contributed by atoms with Gasteiger partial charge in [0.1, 0.15) is 12.4 Å². The van der Waals surface area contributed by atoms with Crippen LogP contribution in [0.15, 0.2) is 60.7 Å². The van der Waals surface area contributed by atoms with Gasteiger partial charge in [0, 0.05) is 12.6 Å². The molecular formula is C28H28N2O6. The number of carbonyl (C=O) groups excluding carboxylic acids is 2. The minimum atomic E-state index is -0.426. The summed E-state index contributed by atoms with van der Waals surface area (Å²) in [7, 11) is 3.10. The normalized spacial score (nSPS) is 15.2. The number of fused-ring (bicyclic) bond motifs is 1. The molecule has 0 bridgehead atoms. The van der Waals surface area contributed by atoms with Gasteiger partial charge in [0.05, 0.1) is 31.0 Å². The van der Waals surface area contributed by atoms with E-state index in [0.717, 1.165) is 24.5 Å². The molecule has 2 aliphatic heterocycles. The van der Waals surface area contributed by atoms with Crippen molar-refractivity contribution in [2.75, 3.05) is 45.4 Å². The number of likely N-dealkylation sites (tertiary alicyclic amines) is 1. The topological polar surface area (TPSA) is 77.5 Å². The maximum absolute atomic E-state index is 13.3. The van der Waals surface area contributed by atoms with E-state index >= 15 is 0 Å². The number of para-hydroxylation sites is 2. The van der Waals surface area contributed by atoms with Gasteiger partial charge in [-0.25, -0.2) is 4.90 Å². The van der Waals surface area contributed by atoms with Gasteiger partial charge in [0.15, 0.2) is 23.0 Å². The molecular weight excluding hydrogens is 460 g/mol. The number of methoxy groups -OCH3 is 2. The lowest BCUT2D eigenvalue weighted by atomic mass is 10.1. The summed E-state index contributed by atoms with van der Waals surface area (Å²) < 4.78 is 22.7. The molecule has 0 aliphatic carbocycles. The molecule has 1 saturated heterocycles. The fourth-order valence-corrected chi connectivity index (χ4v) is 4.55. The maximum atomic E-state index is 13.3. The molecule has 0 unspecified atom stereocenters. The van der Waals surface area contributed by atoms with Crippen LogP contribution in [0.3, 0.4) is 0 Å². The van der Waals surface area contributed by atoms with E-state index in [1.807, 2.05) is 12.1 Å². The molecule has 5 rings (SSSR count). The third kappa shape index (κ3) is 4.59. The molecule has 3 aromatic rings. The summed E-state index contributed by atoms with van der Waals surface area (Å²) in [5, 5.41) is 0. The second kappa shape index (κ2) is 10.3. The van der Waals surface area contributed by atoms with E-state index in [1.165, 1.54) is 20.0 Å². The minimum absolute atomic E-state index is 0.275. The third-order valence-corrected chi connectivity index (χ3v) is 6.42. The Kier molecular flexibility index (Phi) is 6.77. The second-order valence-corrected chi connectivity index (χ2v) is 8.64. The molecule has 0 radical (unpaired) electrons. The van der Waals surface area contributed by atoms with Crippen LogP contribution in [0.2, 0.25) is 0 Å². The number of rotatable bonds is 9. The maximum Gasteiger partial charge on any atom is 0.266 e. The van der Waals surface area contributed by atoms with Crippen molar-refractivity contribution in [1.82, 2.24) is 4.90 Å². The first kappa shape index (κ1) is 23.7. The van der Waals surface area contributed by atoms with Gasteiger partial charge in [0.25, 0.3) is 11.8 Å². The number of imide groups is 1. The smallest absolute Gasteiger partial charge is 0.266 e. The fraction of sp³-hybridized carbons (Fsp3) is 0.286. The summed E-state index contributed by atoms with van der Waals surface area (Å²) in [6.07, 6.45) is 2.46. The second-order valence-electron chi connectivity index (χ2n) is 8.64. The molecule has 0 aromatic heterocycles. The summed E-state index contributed by atoms with van der Waals surface area (Å²) in [6.45, 7) is 3.59. The Morgan fingerprint density at radius 3 is 2.22 bits per heavy atom. The lowest BCUT2D eigenvalue weighted by molar-refractivity contribution is 0.0926. The first-order chi connectivity index (χ1) is 17.6. The molecule has 0 spiro atoms. The first-order valence-corrected chi connectivity index (χ1v) is 12.0. The molecule has 2 amide bonds. The van der Waals surface area contributed by atoms with E-state index in [2.05, 4.69) is 4.90 Å². The number of benzene rings is 3. The predicted octanol–water partition coefficient (Wildman–Crippen LogP) is 4.77. The standard InChI is InChI=1S/C28H28N2O6/c1-33-23-7-3-4-8-25(23)36-20-10-11-21-22(18-20)28(32)30(27(21)31)19-9-12-24(26(17-19)34-2)35-16-15-29-13-5-6-14-29/h3-4,7-12,17-18H,5-6,13-16H2,1-2H3. The van der Waals surface area contributed by atoms with E-state index in [9.17, 15) is 9.59 Å². The Balaban J connectivity index is 1.34. The number of ether oxygens (including phenoxy) is 4. The van der Waals surface area contributed by atoms with Crippen LogP contribution in [0.4, 0.5) is 5.69 Å². The van der Waals surface area contributed by atoms with Crippen molar-refractivity contribution in [3.05, 3.63) is 71.8 Å². The summed E-state index contributed by atoms with van der Waals surface area (Å²) in [5.41, 5.74) is 1.01. The Morgan fingerprint density at radius 2 is 1.47 bits per heavy atom. The zero-order valence-corrected chi connectivity index (χ0v) is 20.4. The number of amides is 2. The summed E-state index contributed by atoms with van der Waals surface area (Å²) in [5.74, 6) is 1.72. The summed E-state index contributed by atoms with van der Waals surface area (Å²) in [4.78, 5) is 29.9. The van der Waals surface area contributed by atoms with Crippen molar-refractivity contribution in [3.63, 3.8) is 0 Å². The van der Waals surface area contributed by atoms with Crippen LogP contribution in [0.1, 0.15) is 33.6 Å². The van der Waals surface area contributed by atoms with E-state index in [1.54, 1.807) is 55.6 Å². The zero-order chi connectivity index (χ0) is 25.1. The van der Waals surface area contributed by atoms with Crippen LogP contribution in [-0.4, -0.2) is 57.2 Å². The van der Waals surface area contributed by atoms with Gasteiger partial charge in [-0.1, -0.05) is 12.1 Å². The molecule has 186 valence electrons. The molecule has 3 aromatic carbocycles. The van der Waals surface area contributed by atoms with E-state index in [0.29, 0.717) is 46.6 Å². The summed E-state index contributed by atoms with van der Waals surface area (Å²) in [6, 6.07) is 17.2. The van der Waals surface area contributed by atoms with Crippen LogP contribution in [0.5, 0.6) is 28.7 Å². The number of anilines is 1. The van der Waals surface area contributed by atoms with Gasteiger partial charge in [-0.05, 0) is 68.4 Å². The molecule has 1 fully saturated rings.